The number of carbonyl (C=O) groups excluding carboxylic acids is 1. The number of rotatable bonds is 4. The molecule has 0 saturated carbocycles. The fourth-order valence-corrected chi connectivity index (χ4v) is 3.31. The highest BCUT2D eigenvalue weighted by molar-refractivity contribution is 7.14. The second-order valence-corrected chi connectivity index (χ2v) is 6.30. The third kappa shape index (κ3) is 4.85. The molecule has 1 aliphatic heterocycles. The molecule has 2 heterocycles. The summed E-state index contributed by atoms with van der Waals surface area (Å²) in [7, 11) is 0. The first-order chi connectivity index (χ1) is 10.2. The van der Waals surface area contributed by atoms with Gasteiger partial charge in [-0.05, 0) is 37.9 Å². The van der Waals surface area contributed by atoms with Crippen LogP contribution in [0.1, 0.15) is 40.7 Å². The van der Waals surface area contributed by atoms with Gasteiger partial charge in [0.05, 0.1) is 9.75 Å². The number of aliphatic hydroxyl groups excluding tert-OH is 1. The molecule has 0 radical (unpaired) electrons. The summed E-state index contributed by atoms with van der Waals surface area (Å²) >= 11 is 1.37. The molecule has 0 aromatic carbocycles. The summed E-state index contributed by atoms with van der Waals surface area (Å²) in [6.45, 7) is 5.32. The van der Waals surface area contributed by atoms with Crippen molar-refractivity contribution in [2.24, 2.45) is 0 Å². The molecular formula is C16H22N2O2S. The van der Waals surface area contributed by atoms with Crippen LogP contribution in [-0.2, 0) is 0 Å². The lowest BCUT2D eigenvalue weighted by molar-refractivity contribution is 0.0915. The van der Waals surface area contributed by atoms with Crippen LogP contribution in [0.3, 0.4) is 0 Å². The number of hydrogen-bond donors (Lipinski definition) is 2. The van der Waals surface area contributed by atoms with Gasteiger partial charge in [0, 0.05) is 19.1 Å². The molecule has 2 N–H and O–H groups in total. The van der Waals surface area contributed by atoms with Gasteiger partial charge < -0.3 is 15.3 Å². The van der Waals surface area contributed by atoms with Crippen LogP contribution in [0, 0.1) is 11.8 Å². The molecule has 21 heavy (non-hydrogen) atoms. The maximum atomic E-state index is 12.2. The molecule has 1 fully saturated rings. The zero-order valence-electron chi connectivity index (χ0n) is 12.4. The molecule has 2 rings (SSSR count). The van der Waals surface area contributed by atoms with Crippen LogP contribution in [0.5, 0.6) is 0 Å². The summed E-state index contributed by atoms with van der Waals surface area (Å²) in [6.07, 6.45) is 3.23. The Balaban J connectivity index is 1.83. The standard InChI is InChI=1S/C16H22N2O2S/c1-2-9-18-10-7-13(8-11-18)17-16(20)15-6-5-14(21-15)4-3-12-19/h5-6,13,19H,2,7-12H2,1H3,(H,17,20). The van der Waals surface area contributed by atoms with Crippen LogP contribution in [0.25, 0.3) is 0 Å². The molecule has 114 valence electrons. The lowest BCUT2D eigenvalue weighted by atomic mass is 10.0. The van der Waals surface area contributed by atoms with E-state index in [0.717, 1.165) is 37.4 Å². The highest BCUT2D eigenvalue weighted by Crippen LogP contribution is 2.17. The van der Waals surface area contributed by atoms with Crippen molar-refractivity contribution in [2.45, 2.75) is 32.2 Å². The molecule has 1 aromatic heterocycles. The third-order valence-corrected chi connectivity index (χ3v) is 4.58. The van der Waals surface area contributed by atoms with Crippen molar-refractivity contribution in [2.75, 3.05) is 26.2 Å². The lowest BCUT2D eigenvalue weighted by Crippen LogP contribution is -2.44. The van der Waals surface area contributed by atoms with E-state index >= 15 is 0 Å². The minimum Gasteiger partial charge on any atom is -0.384 e. The van der Waals surface area contributed by atoms with E-state index in [2.05, 4.69) is 29.0 Å². The molecule has 0 unspecified atom stereocenters. The van der Waals surface area contributed by atoms with Gasteiger partial charge in [-0.25, -0.2) is 0 Å². The van der Waals surface area contributed by atoms with E-state index in [-0.39, 0.29) is 18.6 Å². The van der Waals surface area contributed by atoms with Gasteiger partial charge in [0.15, 0.2) is 0 Å². The van der Waals surface area contributed by atoms with Crippen LogP contribution < -0.4 is 5.32 Å². The number of amides is 1. The van der Waals surface area contributed by atoms with Gasteiger partial charge in [-0.1, -0.05) is 18.8 Å². The van der Waals surface area contributed by atoms with Crippen LogP contribution in [0.4, 0.5) is 0 Å². The second-order valence-electron chi connectivity index (χ2n) is 5.21. The van der Waals surface area contributed by atoms with Crippen molar-refractivity contribution < 1.29 is 9.90 Å². The van der Waals surface area contributed by atoms with E-state index in [4.69, 9.17) is 5.11 Å². The number of hydrogen-bond acceptors (Lipinski definition) is 4. The molecule has 5 heteroatoms. The number of piperidine rings is 1. The quantitative estimate of drug-likeness (QED) is 0.833. The summed E-state index contributed by atoms with van der Waals surface area (Å²) in [4.78, 5) is 16.2. The first kappa shape index (κ1) is 16.0. The van der Waals surface area contributed by atoms with Gasteiger partial charge in [-0.15, -0.1) is 11.3 Å². The smallest absolute Gasteiger partial charge is 0.261 e. The van der Waals surface area contributed by atoms with E-state index in [1.165, 1.54) is 17.8 Å². The van der Waals surface area contributed by atoms with Crippen molar-refractivity contribution in [1.29, 1.82) is 0 Å². The van der Waals surface area contributed by atoms with Gasteiger partial charge >= 0.3 is 0 Å². The largest absolute Gasteiger partial charge is 0.384 e. The minimum absolute atomic E-state index is 0.00834. The zero-order chi connectivity index (χ0) is 15.1. The van der Waals surface area contributed by atoms with E-state index in [0.29, 0.717) is 4.88 Å². The minimum atomic E-state index is -0.157. The Labute approximate surface area is 130 Å². The number of carbonyl (C=O) groups is 1. The Kier molecular flexibility index (Phi) is 6.24. The number of thiophene rings is 1. The molecular weight excluding hydrogens is 284 g/mol. The van der Waals surface area contributed by atoms with Crippen LogP contribution >= 0.6 is 11.3 Å². The summed E-state index contributed by atoms with van der Waals surface area (Å²) in [5.41, 5.74) is 0. The van der Waals surface area contributed by atoms with Crippen LogP contribution in [-0.4, -0.2) is 48.2 Å². The topological polar surface area (TPSA) is 52.6 Å². The average Bonchev–Trinajstić information content (AvgIpc) is 2.96. The van der Waals surface area contributed by atoms with Crippen molar-refractivity contribution in [3.63, 3.8) is 0 Å². The van der Waals surface area contributed by atoms with Crippen molar-refractivity contribution >= 4 is 17.2 Å². The third-order valence-electron chi connectivity index (χ3n) is 3.58. The van der Waals surface area contributed by atoms with Crippen molar-refractivity contribution in [1.82, 2.24) is 10.2 Å². The maximum absolute atomic E-state index is 12.2. The van der Waals surface area contributed by atoms with Gasteiger partial charge in [0.2, 0.25) is 0 Å². The first-order valence-corrected chi connectivity index (χ1v) is 8.27. The van der Waals surface area contributed by atoms with Gasteiger partial charge in [-0.2, -0.15) is 0 Å². The maximum Gasteiger partial charge on any atom is 0.261 e. The Morgan fingerprint density at radius 1 is 1.48 bits per heavy atom. The normalized spacial score (nSPS) is 16.3. The van der Waals surface area contributed by atoms with Gasteiger partial charge in [0.25, 0.3) is 5.91 Å². The molecule has 4 nitrogen and oxygen atoms in total. The predicted octanol–water partition coefficient (Wildman–Crippen LogP) is 1.70. The second kappa shape index (κ2) is 8.18. The predicted molar refractivity (Wildman–Crippen MR) is 85.5 cm³/mol. The highest BCUT2D eigenvalue weighted by Gasteiger charge is 2.21. The highest BCUT2D eigenvalue weighted by atomic mass is 32.1. The summed E-state index contributed by atoms with van der Waals surface area (Å²) in [5.74, 6) is 5.41. The van der Waals surface area contributed by atoms with E-state index < -0.39 is 0 Å². The summed E-state index contributed by atoms with van der Waals surface area (Å²) in [5, 5.41) is 11.8. The number of aliphatic hydroxyl groups is 1. The molecule has 0 atom stereocenters. The molecule has 1 saturated heterocycles. The van der Waals surface area contributed by atoms with E-state index in [9.17, 15) is 4.79 Å². The fourth-order valence-electron chi connectivity index (χ4n) is 2.53. The van der Waals surface area contributed by atoms with Crippen molar-refractivity contribution in [3.8, 4) is 11.8 Å². The molecule has 0 aliphatic carbocycles. The summed E-state index contributed by atoms with van der Waals surface area (Å²) < 4.78 is 0. The molecule has 0 spiro atoms. The lowest BCUT2D eigenvalue weighted by Gasteiger charge is -2.31. The zero-order valence-corrected chi connectivity index (χ0v) is 13.2. The first-order valence-electron chi connectivity index (χ1n) is 7.45. The van der Waals surface area contributed by atoms with Crippen molar-refractivity contribution in [3.05, 3.63) is 21.9 Å². The SMILES string of the molecule is CCCN1CCC(NC(=O)c2ccc(C#CCO)s2)CC1. The summed E-state index contributed by atoms with van der Waals surface area (Å²) in [6, 6.07) is 3.90. The monoisotopic (exact) mass is 306 g/mol. The Morgan fingerprint density at radius 2 is 2.24 bits per heavy atom. The Bertz CT molecular complexity index is 522. The van der Waals surface area contributed by atoms with E-state index in [1.807, 2.05) is 6.07 Å². The van der Waals surface area contributed by atoms with E-state index in [1.54, 1.807) is 6.07 Å². The molecule has 0 bridgehead atoms. The Hall–Kier alpha value is -1.35. The van der Waals surface area contributed by atoms with Gasteiger partial charge in [0.1, 0.15) is 6.61 Å². The Morgan fingerprint density at radius 3 is 2.90 bits per heavy atom. The fraction of sp³-hybridized carbons (Fsp3) is 0.562. The average molecular weight is 306 g/mol. The van der Waals surface area contributed by atoms with Crippen LogP contribution in [0.15, 0.2) is 12.1 Å². The van der Waals surface area contributed by atoms with Gasteiger partial charge in [-0.3, -0.25) is 4.79 Å². The number of likely N-dealkylation sites (tertiary alicyclic amines) is 1. The van der Waals surface area contributed by atoms with Crippen LogP contribution in [0.2, 0.25) is 0 Å². The molecule has 1 aliphatic rings. The molecule has 1 aromatic rings. The number of nitrogens with zero attached hydrogens (tertiary/aromatic N) is 1. The molecule has 1 amide bonds. The number of nitrogens with one attached hydrogen (secondary N) is 1.